The first-order valence-corrected chi connectivity index (χ1v) is 14.7. The number of halogens is 2. The van der Waals surface area contributed by atoms with Gasteiger partial charge in [-0.05, 0) is 48.5 Å². The number of sulfonamides is 1. The highest BCUT2D eigenvalue weighted by Gasteiger charge is 2.33. The number of carbonyl (C=O) groups is 1. The van der Waals surface area contributed by atoms with Crippen LogP contribution in [0.15, 0.2) is 76.2 Å². The molecule has 1 fully saturated rings. The van der Waals surface area contributed by atoms with Gasteiger partial charge in [0.05, 0.1) is 30.3 Å². The Morgan fingerprint density at radius 1 is 1.05 bits per heavy atom. The third-order valence-corrected chi connectivity index (χ3v) is 9.62. The fourth-order valence-electron chi connectivity index (χ4n) is 5.17. The summed E-state index contributed by atoms with van der Waals surface area (Å²) in [5, 5.41) is 0.884. The van der Waals surface area contributed by atoms with E-state index in [4.69, 9.17) is 4.74 Å². The molecule has 1 saturated heterocycles. The Morgan fingerprint density at radius 2 is 1.82 bits per heavy atom. The van der Waals surface area contributed by atoms with Gasteiger partial charge in [-0.1, -0.05) is 34.1 Å². The molecular weight excluding hydrogens is 585 g/mol. The van der Waals surface area contributed by atoms with Crippen LogP contribution in [0.5, 0.6) is 0 Å². The number of anilines is 1. The highest BCUT2D eigenvalue weighted by Crippen LogP contribution is 2.40. The van der Waals surface area contributed by atoms with Crippen molar-refractivity contribution < 1.29 is 22.3 Å². The van der Waals surface area contributed by atoms with E-state index in [0.717, 1.165) is 20.9 Å². The zero-order valence-electron chi connectivity index (χ0n) is 21.1. The fourth-order valence-corrected chi connectivity index (χ4v) is 6.97. The molecule has 0 radical (unpaired) electrons. The molecule has 1 amide bonds. The summed E-state index contributed by atoms with van der Waals surface area (Å²) in [7, 11) is -2.06. The minimum atomic E-state index is -3.74. The van der Waals surface area contributed by atoms with Crippen molar-refractivity contribution in [3.8, 4) is 0 Å². The molecule has 4 aromatic rings. The van der Waals surface area contributed by atoms with Crippen LogP contribution < -0.4 is 4.90 Å². The summed E-state index contributed by atoms with van der Waals surface area (Å²) in [4.78, 5) is 15.1. The highest BCUT2D eigenvalue weighted by molar-refractivity contribution is 9.10. The number of hydrogen-bond donors (Lipinski definition) is 0. The van der Waals surface area contributed by atoms with Crippen LogP contribution in [-0.2, 0) is 26.1 Å². The van der Waals surface area contributed by atoms with Gasteiger partial charge in [0, 0.05) is 64.0 Å². The second-order valence-corrected chi connectivity index (χ2v) is 12.4. The number of likely N-dealkylation sites (N-methyl/N-ethyl adjacent to an activating group) is 1. The molecule has 0 atom stereocenters. The first-order valence-electron chi connectivity index (χ1n) is 12.5. The van der Waals surface area contributed by atoms with Crippen LogP contribution in [-0.4, -0.2) is 56.5 Å². The number of aromatic nitrogens is 1. The number of fused-ring (bicyclic) bond motifs is 2. The summed E-state index contributed by atoms with van der Waals surface area (Å²) in [5.74, 6) is -0.511. The van der Waals surface area contributed by atoms with Gasteiger partial charge in [0.1, 0.15) is 5.82 Å². The van der Waals surface area contributed by atoms with Gasteiger partial charge in [-0.15, -0.1) is 0 Å². The van der Waals surface area contributed by atoms with Crippen molar-refractivity contribution >= 4 is 60.1 Å². The number of hydrogen-bond acceptors (Lipinski definition) is 4. The number of nitrogens with zero attached hydrogens (tertiary/aromatic N) is 3. The zero-order chi connectivity index (χ0) is 27.3. The number of rotatable bonds is 5. The monoisotopic (exact) mass is 609 g/mol. The molecule has 0 N–H and O–H groups in total. The molecule has 3 heterocycles. The number of carbonyl (C=O) groups excluding carboxylic acids is 1. The first kappa shape index (κ1) is 25.9. The maximum absolute atomic E-state index is 14.5. The SMILES string of the molecule is CN1C(=O)C(=Cc2cn(Cc3ccccc3F)c3ccc(Br)cc23)c2cc(S(=O)(=O)N3CCOCC3)ccc21. The topological polar surface area (TPSA) is 71.9 Å². The van der Waals surface area contributed by atoms with Crippen LogP contribution in [0.3, 0.4) is 0 Å². The Hall–Kier alpha value is -3.31. The predicted molar refractivity (Wildman–Crippen MR) is 152 cm³/mol. The Kier molecular flexibility index (Phi) is 6.66. The molecule has 10 heteroatoms. The van der Waals surface area contributed by atoms with Crippen LogP contribution in [0, 0.1) is 5.82 Å². The van der Waals surface area contributed by atoms with E-state index in [1.165, 1.54) is 15.3 Å². The van der Waals surface area contributed by atoms with Gasteiger partial charge in [-0.3, -0.25) is 4.79 Å². The van der Waals surface area contributed by atoms with Crippen molar-refractivity contribution in [3.63, 3.8) is 0 Å². The lowest BCUT2D eigenvalue weighted by atomic mass is 10.0. The molecule has 0 saturated carbocycles. The Bertz CT molecular complexity index is 1760. The molecule has 200 valence electrons. The van der Waals surface area contributed by atoms with Crippen LogP contribution in [0.2, 0.25) is 0 Å². The second-order valence-electron chi connectivity index (χ2n) is 9.58. The molecule has 39 heavy (non-hydrogen) atoms. The molecule has 1 aromatic heterocycles. The van der Waals surface area contributed by atoms with E-state index in [1.54, 1.807) is 49.5 Å². The van der Waals surface area contributed by atoms with Crippen LogP contribution >= 0.6 is 15.9 Å². The van der Waals surface area contributed by atoms with Crippen LogP contribution in [0.25, 0.3) is 22.6 Å². The van der Waals surface area contributed by atoms with Crippen molar-refractivity contribution in [2.24, 2.45) is 0 Å². The van der Waals surface area contributed by atoms with Crippen molar-refractivity contribution in [2.75, 3.05) is 38.3 Å². The Labute approximate surface area is 234 Å². The lowest BCUT2D eigenvalue weighted by molar-refractivity contribution is -0.112. The van der Waals surface area contributed by atoms with E-state index in [-0.39, 0.29) is 29.7 Å². The second kappa shape index (κ2) is 10.0. The van der Waals surface area contributed by atoms with E-state index >= 15 is 0 Å². The maximum Gasteiger partial charge on any atom is 0.258 e. The summed E-state index contributed by atoms with van der Waals surface area (Å²) in [5.41, 5.74) is 3.81. The Balaban J connectivity index is 1.46. The van der Waals surface area contributed by atoms with Crippen LogP contribution in [0.1, 0.15) is 16.7 Å². The zero-order valence-corrected chi connectivity index (χ0v) is 23.5. The summed E-state index contributed by atoms with van der Waals surface area (Å²) in [6.07, 6.45) is 3.69. The van der Waals surface area contributed by atoms with Gasteiger partial charge in [0.2, 0.25) is 10.0 Å². The first-order chi connectivity index (χ1) is 18.7. The number of morpholine rings is 1. The largest absolute Gasteiger partial charge is 0.379 e. The predicted octanol–water partition coefficient (Wildman–Crippen LogP) is 5.13. The van der Waals surface area contributed by atoms with Crippen molar-refractivity contribution in [1.82, 2.24) is 8.87 Å². The fraction of sp³-hybridized carbons (Fsp3) is 0.207. The smallest absolute Gasteiger partial charge is 0.258 e. The Morgan fingerprint density at radius 3 is 2.59 bits per heavy atom. The van der Waals surface area contributed by atoms with E-state index in [1.807, 2.05) is 29.0 Å². The molecule has 2 aliphatic heterocycles. The lowest BCUT2D eigenvalue weighted by Gasteiger charge is -2.26. The standard InChI is InChI=1S/C29H25BrFN3O4S/c1-32-27-9-7-22(39(36,37)34-10-12-38-13-11-34)16-24(27)25(29(32)35)14-20-18-33(17-19-4-2-3-5-26(19)31)28-8-6-21(30)15-23(20)28/h2-9,14-16,18H,10-13,17H2,1H3. The summed E-state index contributed by atoms with van der Waals surface area (Å²) >= 11 is 3.54. The highest BCUT2D eigenvalue weighted by atomic mass is 79.9. The van der Waals surface area contributed by atoms with Gasteiger partial charge in [-0.25, -0.2) is 12.8 Å². The van der Waals surface area contributed by atoms with Gasteiger partial charge in [0.15, 0.2) is 0 Å². The number of benzene rings is 3. The van der Waals surface area contributed by atoms with Crippen molar-refractivity contribution in [3.05, 3.63) is 93.8 Å². The molecule has 2 aliphatic rings. The van der Waals surface area contributed by atoms with Gasteiger partial charge >= 0.3 is 0 Å². The summed E-state index contributed by atoms with van der Waals surface area (Å²) in [6.45, 7) is 1.60. The molecule has 0 unspecified atom stereocenters. The van der Waals surface area contributed by atoms with Crippen LogP contribution in [0.4, 0.5) is 10.1 Å². The third kappa shape index (κ3) is 4.61. The summed E-state index contributed by atoms with van der Waals surface area (Å²) < 4.78 is 50.7. The minimum absolute atomic E-state index is 0.141. The van der Waals surface area contributed by atoms with Gasteiger partial charge < -0.3 is 14.2 Å². The van der Waals surface area contributed by atoms with Crippen molar-refractivity contribution in [2.45, 2.75) is 11.4 Å². The van der Waals surface area contributed by atoms with E-state index < -0.39 is 10.0 Å². The molecule has 3 aromatic carbocycles. The van der Waals surface area contributed by atoms with Gasteiger partial charge in [0.25, 0.3) is 5.91 Å². The van der Waals surface area contributed by atoms with E-state index in [2.05, 4.69) is 15.9 Å². The van der Waals surface area contributed by atoms with Crippen molar-refractivity contribution in [1.29, 1.82) is 0 Å². The molecular formula is C29H25BrFN3O4S. The lowest BCUT2D eigenvalue weighted by Crippen LogP contribution is -2.40. The number of amides is 1. The summed E-state index contributed by atoms with van der Waals surface area (Å²) in [6, 6.07) is 17.3. The quantitative estimate of drug-likeness (QED) is 0.294. The molecule has 0 aliphatic carbocycles. The van der Waals surface area contributed by atoms with Gasteiger partial charge in [-0.2, -0.15) is 4.31 Å². The normalized spacial score (nSPS) is 17.4. The maximum atomic E-state index is 14.5. The number of ether oxygens (including phenoxy) is 1. The molecule has 6 rings (SSSR count). The molecule has 0 bridgehead atoms. The van der Waals surface area contributed by atoms with E-state index in [0.29, 0.717) is 42.1 Å². The molecule has 7 nitrogen and oxygen atoms in total. The average molecular weight is 611 g/mol. The minimum Gasteiger partial charge on any atom is -0.379 e. The van der Waals surface area contributed by atoms with E-state index in [9.17, 15) is 17.6 Å². The average Bonchev–Trinajstić information content (AvgIpc) is 3.39. The third-order valence-electron chi connectivity index (χ3n) is 7.23. The molecule has 0 spiro atoms.